The van der Waals surface area contributed by atoms with E-state index < -0.39 is 0 Å². The van der Waals surface area contributed by atoms with E-state index in [0.29, 0.717) is 17.1 Å². The Hall–Kier alpha value is -2.56. The van der Waals surface area contributed by atoms with Crippen molar-refractivity contribution in [1.82, 2.24) is 4.98 Å². The highest BCUT2D eigenvalue weighted by Crippen LogP contribution is 2.30. The Labute approximate surface area is 136 Å². The van der Waals surface area contributed by atoms with Crippen molar-refractivity contribution in [1.29, 1.82) is 0 Å². The van der Waals surface area contributed by atoms with Crippen molar-refractivity contribution >= 4 is 5.78 Å². The number of Topliss-reactive ketones (excluding diaryl/α,β-unsaturated/α-hetero) is 1. The predicted octanol–water partition coefficient (Wildman–Crippen LogP) is 3.50. The molecule has 2 aromatic rings. The van der Waals surface area contributed by atoms with Crippen molar-refractivity contribution in [2.24, 2.45) is 0 Å². The normalized spacial score (nSPS) is 10.3. The van der Waals surface area contributed by atoms with E-state index in [0.717, 1.165) is 22.6 Å². The summed E-state index contributed by atoms with van der Waals surface area (Å²) in [6.45, 7) is 5.71. The number of nitrogens with zero attached hydrogens (tertiary/aromatic N) is 1. The zero-order chi connectivity index (χ0) is 17.0. The second-order valence-corrected chi connectivity index (χ2v) is 5.26. The van der Waals surface area contributed by atoms with E-state index in [1.54, 1.807) is 38.6 Å². The minimum Gasteiger partial charge on any atom is -0.496 e. The van der Waals surface area contributed by atoms with E-state index in [9.17, 15) is 4.79 Å². The third-order valence-electron chi connectivity index (χ3n) is 3.68. The van der Waals surface area contributed by atoms with Crippen LogP contribution in [0.4, 0.5) is 0 Å². The van der Waals surface area contributed by atoms with Crippen LogP contribution >= 0.6 is 0 Å². The van der Waals surface area contributed by atoms with Crippen LogP contribution in [0.3, 0.4) is 0 Å². The van der Waals surface area contributed by atoms with Crippen LogP contribution in [0.1, 0.15) is 34.1 Å². The number of hydrogen-bond donors (Lipinski definition) is 0. The molecule has 0 fully saturated rings. The maximum Gasteiger partial charge on any atom is 0.161 e. The second kappa shape index (κ2) is 7.13. The Morgan fingerprint density at radius 2 is 1.87 bits per heavy atom. The first-order chi connectivity index (χ1) is 11.0. The van der Waals surface area contributed by atoms with Crippen molar-refractivity contribution in [3.63, 3.8) is 0 Å². The molecule has 0 aliphatic heterocycles. The zero-order valence-electron chi connectivity index (χ0n) is 14.1. The largest absolute Gasteiger partial charge is 0.496 e. The molecule has 0 saturated carbocycles. The smallest absolute Gasteiger partial charge is 0.161 e. The van der Waals surface area contributed by atoms with Gasteiger partial charge >= 0.3 is 0 Å². The van der Waals surface area contributed by atoms with Crippen LogP contribution in [0.25, 0.3) is 0 Å². The fraction of sp³-hybridized carbons (Fsp3) is 0.333. The highest BCUT2D eigenvalue weighted by atomic mass is 16.5. The number of rotatable bonds is 6. The molecule has 0 bridgehead atoms. The minimum absolute atomic E-state index is 0.0179. The number of hydrogen-bond acceptors (Lipinski definition) is 5. The summed E-state index contributed by atoms with van der Waals surface area (Å²) in [7, 11) is 3.19. The lowest BCUT2D eigenvalue weighted by Gasteiger charge is -2.14. The third-order valence-corrected chi connectivity index (χ3v) is 3.68. The molecular weight excluding hydrogens is 294 g/mol. The van der Waals surface area contributed by atoms with Gasteiger partial charge in [0.25, 0.3) is 0 Å². The Morgan fingerprint density at radius 1 is 1.13 bits per heavy atom. The van der Waals surface area contributed by atoms with Crippen molar-refractivity contribution < 1.29 is 19.0 Å². The van der Waals surface area contributed by atoms with E-state index in [2.05, 4.69) is 4.98 Å². The number of ketones is 1. The van der Waals surface area contributed by atoms with Gasteiger partial charge in [0.05, 0.1) is 19.9 Å². The molecule has 0 N–H and O–H groups in total. The molecule has 0 spiro atoms. The van der Waals surface area contributed by atoms with Crippen molar-refractivity contribution in [3.05, 3.63) is 46.8 Å². The standard InChI is InChI=1S/C18H21NO4/c1-11-9-19-15(12(2)18(11)22-5)10-23-16-7-6-14(13(3)20)8-17(16)21-4/h6-9H,10H2,1-5H3. The Morgan fingerprint density at radius 3 is 2.48 bits per heavy atom. The number of benzene rings is 1. The molecule has 1 aromatic carbocycles. The molecule has 0 aliphatic carbocycles. The van der Waals surface area contributed by atoms with Crippen LogP contribution in [-0.2, 0) is 6.61 Å². The van der Waals surface area contributed by atoms with E-state index in [-0.39, 0.29) is 12.4 Å². The Kier molecular flexibility index (Phi) is 5.21. The molecule has 1 heterocycles. The summed E-state index contributed by atoms with van der Waals surface area (Å²) in [6.07, 6.45) is 1.76. The molecule has 2 rings (SSSR count). The predicted molar refractivity (Wildman–Crippen MR) is 87.6 cm³/mol. The highest BCUT2D eigenvalue weighted by molar-refractivity contribution is 5.94. The van der Waals surface area contributed by atoms with Crippen LogP contribution in [0.15, 0.2) is 24.4 Å². The Balaban J connectivity index is 2.23. The molecule has 0 atom stereocenters. The van der Waals surface area contributed by atoms with E-state index >= 15 is 0 Å². The van der Waals surface area contributed by atoms with Crippen molar-refractivity contribution in [3.8, 4) is 17.2 Å². The maximum atomic E-state index is 11.4. The molecule has 0 aliphatic rings. The molecule has 122 valence electrons. The lowest BCUT2D eigenvalue weighted by Crippen LogP contribution is -2.05. The molecule has 5 nitrogen and oxygen atoms in total. The van der Waals surface area contributed by atoms with E-state index in [1.807, 2.05) is 13.8 Å². The average Bonchev–Trinajstić information content (AvgIpc) is 2.54. The van der Waals surface area contributed by atoms with Crippen LogP contribution in [0.2, 0.25) is 0 Å². The van der Waals surface area contributed by atoms with Gasteiger partial charge in [0.15, 0.2) is 17.3 Å². The minimum atomic E-state index is -0.0179. The summed E-state index contributed by atoms with van der Waals surface area (Å²) in [6, 6.07) is 5.13. The fourth-order valence-corrected chi connectivity index (χ4v) is 2.37. The van der Waals surface area contributed by atoms with Crippen LogP contribution in [0, 0.1) is 13.8 Å². The number of methoxy groups -OCH3 is 2. The van der Waals surface area contributed by atoms with Crippen molar-refractivity contribution in [2.75, 3.05) is 14.2 Å². The van der Waals surface area contributed by atoms with Gasteiger partial charge in [-0.25, -0.2) is 0 Å². The molecular formula is C18H21NO4. The van der Waals surface area contributed by atoms with Gasteiger partial charge in [-0.1, -0.05) is 0 Å². The molecule has 0 radical (unpaired) electrons. The van der Waals surface area contributed by atoms with Gasteiger partial charge in [0.2, 0.25) is 0 Å². The van der Waals surface area contributed by atoms with Crippen LogP contribution < -0.4 is 14.2 Å². The Bertz CT molecular complexity index is 725. The maximum absolute atomic E-state index is 11.4. The number of aryl methyl sites for hydroxylation is 1. The molecule has 23 heavy (non-hydrogen) atoms. The quantitative estimate of drug-likeness (QED) is 0.764. The first kappa shape index (κ1) is 16.8. The number of ether oxygens (including phenoxy) is 3. The monoisotopic (exact) mass is 315 g/mol. The summed E-state index contributed by atoms with van der Waals surface area (Å²) in [5.41, 5.74) is 3.31. The summed E-state index contributed by atoms with van der Waals surface area (Å²) in [5, 5.41) is 0. The van der Waals surface area contributed by atoms with E-state index in [1.165, 1.54) is 6.92 Å². The number of aromatic nitrogens is 1. The highest BCUT2D eigenvalue weighted by Gasteiger charge is 2.12. The SMILES string of the molecule is COc1cc(C(C)=O)ccc1OCc1ncc(C)c(OC)c1C. The first-order valence-corrected chi connectivity index (χ1v) is 7.28. The van der Waals surface area contributed by atoms with Gasteiger partial charge in [0, 0.05) is 22.9 Å². The van der Waals surface area contributed by atoms with Gasteiger partial charge in [-0.3, -0.25) is 9.78 Å². The summed E-state index contributed by atoms with van der Waals surface area (Å²) >= 11 is 0. The van der Waals surface area contributed by atoms with Gasteiger partial charge < -0.3 is 14.2 Å². The topological polar surface area (TPSA) is 57.7 Å². The molecule has 5 heteroatoms. The van der Waals surface area contributed by atoms with Crippen LogP contribution in [-0.4, -0.2) is 25.0 Å². The summed E-state index contributed by atoms with van der Waals surface area (Å²) in [4.78, 5) is 15.8. The molecule has 0 amide bonds. The number of carbonyl (C=O) groups is 1. The average molecular weight is 315 g/mol. The first-order valence-electron chi connectivity index (χ1n) is 7.28. The zero-order valence-corrected chi connectivity index (χ0v) is 14.1. The van der Waals surface area contributed by atoms with Gasteiger partial charge in [0.1, 0.15) is 12.4 Å². The lowest BCUT2D eigenvalue weighted by molar-refractivity contribution is 0.101. The van der Waals surface area contributed by atoms with Gasteiger partial charge in [-0.05, 0) is 39.0 Å². The molecule has 1 aromatic heterocycles. The van der Waals surface area contributed by atoms with Gasteiger partial charge in [-0.2, -0.15) is 0 Å². The van der Waals surface area contributed by atoms with Crippen LogP contribution in [0.5, 0.6) is 17.2 Å². The number of pyridine rings is 1. The summed E-state index contributed by atoms with van der Waals surface area (Å²) in [5.74, 6) is 1.89. The molecule has 0 saturated heterocycles. The number of carbonyl (C=O) groups excluding carboxylic acids is 1. The van der Waals surface area contributed by atoms with E-state index in [4.69, 9.17) is 14.2 Å². The second-order valence-electron chi connectivity index (χ2n) is 5.26. The molecule has 0 unspecified atom stereocenters. The fourth-order valence-electron chi connectivity index (χ4n) is 2.37. The lowest BCUT2D eigenvalue weighted by atomic mass is 10.1. The van der Waals surface area contributed by atoms with Gasteiger partial charge in [-0.15, -0.1) is 0 Å². The third kappa shape index (κ3) is 3.62. The van der Waals surface area contributed by atoms with Crippen molar-refractivity contribution in [2.45, 2.75) is 27.4 Å². The summed E-state index contributed by atoms with van der Waals surface area (Å²) < 4.78 is 16.5.